The van der Waals surface area contributed by atoms with Crippen LogP contribution >= 0.6 is 0 Å². The second-order valence-electron chi connectivity index (χ2n) is 5.33. The van der Waals surface area contributed by atoms with Crippen molar-refractivity contribution in [3.05, 3.63) is 48.0 Å². The van der Waals surface area contributed by atoms with Crippen molar-refractivity contribution >= 4 is 16.7 Å². The van der Waals surface area contributed by atoms with E-state index < -0.39 is 0 Å². The molecule has 0 aliphatic heterocycles. The molecule has 0 bridgehead atoms. The Balaban J connectivity index is 1.63. The van der Waals surface area contributed by atoms with Gasteiger partial charge in [-0.25, -0.2) is 0 Å². The van der Waals surface area contributed by atoms with Crippen LogP contribution in [0, 0.1) is 5.92 Å². The lowest BCUT2D eigenvalue weighted by atomic mass is 9.80. The molecule has 1 amide bonds. The van der Waals surface area contributed by atoms with Crippen molar-refractivity contribution in [1.29, 1.82) is 0 Å². The first-order valence-corrected chi connectivity index (χ1v) is 6.73. The molecule has 0 unspecified atom stereocenters. The van der Waals surface area contributed by atoms with E-state index in [1.807, 2.05) is 12.1 Å². The fourth-order valence-electron chi connectivity index (χ4n) is 2.56. The third-order valence-electron chi connectivity index (χ3n) is 3.83. The maximum atomic E-state index is 11.8. The van der Waals surface area contributed by atoms with Crippen molar-refractivity contribution in [2.45, 2.75) is 25.4 Å². The first-order valence-electron chi connectivity index (χ1n) is 6.73. The third kappa shape index (κ3) is 2.61. The Morgan fingerprint density at radius 2 is 1.89 bits per heavy atom. The van der Waals surface area contributed by atoms with E-state index in [9.17, 15) is 4.79 Å². The summed E-state index contributed by atoms with van der Waals surface area (Å²) in [7, 11) is 0. The molecule has 3 N–H and O–H groups in total. The summed E-state index contributed by atoms with van der Waals surface area (Å²) in [4.78, 5) is 11.8. The molecule has 1 aliphatic carbocycles. The van der Waals surface area contributed by atoms with Crippen molar-refractivity contribution in [2.75, 3.05) is 0 Å². The van der Waals surface area contributed by atoms with E-state index in [1.165, 1.54) is 10.8 Å². The van der Waals surface area contributed by atoms with Crippen LogP contribution in [0.3, 0.4) is 0 Å². The molecule has 0 heterocycles. The van der Waals surface area contributed by atoms with Crippen LogP contribution in [0.15, 0.2) is 42.5 Å². The van der Waals surface area contributed by atoms with Crippen LogP contribution in [-0.2, 0) is 11.3 Å². The van der Waals surface area contributed by atoms with E-state index in [0.29, 0.717) is 6.54 Å². The Morgan fingerprint density at radius 3 is 2.63 bits per heavy atom. The molecule has 0 spiro atoms. The number of carbonyl (C=O) groups excluding carboxylic acids is 1. The average Bonchev–Trinajstić information content (AvgIpc) is 2.41. The average molecular weight is 254 g/mol. The molecule has 3 rings (SSSR count). The Morgan fingerprint density at radius 1 is 1.16 bits per heavy atom. The van der Waals surface area contributed by atoms with Gasteiger partial charge in [0.25, 0.3) is 0 Å². The van der Waals surface area contributed by atoms with Crippen LogP contribution in [0.5, 0.6) is 0 Å². The number of hydrogen-bond acceptors (Lipinski definition) is 2. The van der Waals surface area contributed by atoms with E-state index in [0.717, 1.165) is 18.4 Å². The zero-order chi connectivity index (χ0) is 13.2. The molecule has 0 aromatic heterocycles. The van der Waals surface area contributed by atoms with Crippen LogP contribution in [-0.4, -0.2) is 11.9 Å². The summed E-state index contributed by atoms with van der Waals surface area (Å²) < 4.78 is 0. The topological polar surface area (TPSA) is 55.1 Å². The zero-order valence-corrected chi connectivity index (χ0v) is 10.8. The predicted molar refractivity (Wildman–Crippen MR) is 76.5 cm³/mol. The first-order chi connectivity index (χ1) is 9.22. The summed E-state index contributed by atoms with van der Waals surface area (Å²) in [6.07, 6.45) is 1.65. The highest BCUT2D eigenvalue weighted by Crippen LogP contribution is 2.25. The van der Waals surface area contributed by atoms with Crippen molar-refractivity contribution in [2.24, 2.45) is 11.7 Å². The normalized spacial score (nSPS) is 21.9. The third-order valence-corrected chi connectivity index (χ3v) is 3.83. The van der Waals surface area contributed by atoms with Gasteiger partial charge in [0.05, 0.1) is 0 Å². The molecule has 3 heteroatoms. The molecular weight excluding hydrogens is 236 g/mol. The van der Waals surface area contributed by atoms with Gasteiger partial charge in [0.15, 0.2) is 0 Å². The molecule has 1 fully saturated rings. The van der Waals surface area contributed by atoms with Gasteiger partial charge in [-0.3, -0.25) is 4.79 Å². The van der Waals surface area contributed by atoms with Gasteiger partial charge in [-0.2, -0.15) is 0 Å². The van der Waals surface area contributed by atoms with Crippen molar-refractivity contribution in [1.82, 2.24) is 5.32 Å². The predicted octanol–water partition coefficient (Wildman–Crippen LogP) is 2.19. The highest BCUT2D eigenvalue weighted by molar-refractivity contribution is 5.83. The lowest BCUT2D eigenvalue weighted by molar-refractivity contribution is -0.128. The molecule has 19 heavy (non-hydrogen) atoms. The molecule has 0 atom stereocenters. The molecule has 1 saturated carbocycles. The fraction of sp³-hybridized carbons (Fsp3) is 0.312. The summed E-state index contributed by atoms with van der Waals surface area (Å²) in [6, 6.07) is 14.7. The number of hydrogen-bond donors (Lipinski definition) is 2. The van der Waals surface area contributed by atoms with Gasteiger partial charge in [-0.05, 0) is 35.2 Å². The highest BCUT2D eigenvalue weighted by atomic mass is 16.1. The van der Waals surface area contributed by atoms with Crippen molar-refractivity contribution in [3.63, 3.8) is 0 Å². The quantitative estimate of drug-likeness (QED) is 0.882. The molecule has 3 nitrogen and oxygen atoms in total. The summed E-state index contributed by atoms with van der Waals surface area (Å²) in [6.45, 7) is 0.593. The lowest BCUT2D eigenvalue weighted by Crippen LogP contribution is -2.44. The van der Waals surface area contributed by atoms with E-state index in [-0.39, 0.29) is 17.9 Å². The van der Waals surface area contributed by atoms with Crippen LogP contribution in [0.1, 0.15) is 18.4 Å². The Bertz CT molecular complexity index is 602. The number of amides is 1. The molecule has 1 aliphatic rings. The van der Waals surface area contributed by atoms with Gasteiger partial charge in [0, 0.05) is 18.5 Å². The standard InChI is InChI=1S/C16H18N2O/c17-15-8-14(9-15)16(19)18-10-11-5-6-12-3-1-2-4-13(12)7-11/h1-7,14-15H,8-10,17H2,(H,18,19). The largest absolute Gasteiger partial charge is 0.352 e. The molecule has 2 aromatic rings. The molecular formula is C16H18N2O. The van der Waals surface area contributed by atoms with E-state index in [1.54, 1.807) is 0 Å². The van der Waals surface area contributed by atoms with Crippen LogP contribution < -0.4 is 11.1 Å². The van der Waals surface area contributed by atoms with E-state index in [4.69, 9.17) is 5.73 Å². The minimum atomic E-state index is 0.121. The smallest absolute Gasteiger partial charge is 0.223 e. The lowest BCUT2D eigenvalue weighted by Gasteiger charge is -2.31. The fourth-order valence-corrected chi connectivity index (χ4v) is 2.56. The maximum Gasteiger partial charge on any atom is 0.223 e. The zero-order valence-electron chi connectivity index (χ0n) is 10.8. The first kappa shape index (κ1) is 12.2. The number of nitrogens with one attached hydrogen (secondary N) is 1. The Kier molecular flexibility index (Phi) is 3.22. The van der Waals surface area contributed by atoms with Crippen LogP contribution in [0.2, 0.25) is 0 Å². The van der Waals surface area contributed by atoms with Crippen molar-refractivity contribution in [3.8, 4) is 0 Å². The summed E-state index contributed by atoms with van der Waals surface area (Å²) >= 11 is 0. The van der Waals surface area contributed by atoms with Gasteiger partial charge < -0.3 is 11.1 Å². The number of carbonyl (C=O) groups is 1. The monoisotopic (exact) mass is 254 g/mol. The van der Waals surface area contributed by atoms with E-state index in [2.05, 4.69) is 35.6 Å². The Hall–Kier alpha value is -1.87. The van der Waals surface area contributed by atoms with Gasteiger partial charge in [0.2, 0.25) is 5.91 Å². The second-order valence-corrected chi connectivity index (χ2v) is 5.33. The summed E-state index contributed by atoms with van der Waals surface area (Å²) in [5, 5.41) is 5.42. The summed E-state index contributed by atoms with van der Waals surface area (Å²) in [5.41, 5.74) is 6.83. The number of benzene rings is 2. The van der Waals surface area contributed by atoms with Gasteiger partial charge in [-0.1, -0.05) is 36.4 Å². The molecule has 0 radical (unpaired) electrons. The second kappa shape index (κ2) is 5.02. The van der Waals surface area contributed by atoms with Crippen LogP contribution in [0.4, 0.5) is 0 Å². The number of nitrogens with two attached hydrogens (primary N) is 1. The minimum Gasteiger partial charge on any atom is -0.352 e. The SMILES string of the molecule is NC1CC(C(=O)NCc2ccc3ccccc3c2)C1. The van der Waals surface area contributed by atoms with Gasteiger partial charge in [0.1, 0.15) is 0 Å². The summed E-state index contributed by atoms with van der Waals surface area (Å²) in [5.74, 6) is 0.255. The Labute approximate surface area is 112 Å². The van der Waals surface area contributed by atoms with Crippen LogP contribution in [0.25, 0.3) is 10.8 Å². The molecule has 98 valence electrons. The number of rotatable bonds is 3. The number of fused-ring (bicyclic) bond motifs is 1. The van der Waals surface area contributed by atoms with Gasteiger partial charge >= 0.3 is 0 Å². The van der Waals surface area contributed by atoms with Gasteiger partial charge in [-0.15, -0.1) is 0 Å². The molecule has 2 aromatic carbocycles. The molecule has 0 saturated heterocycles. The maximum absolute atomic E-state index is 11.8. The van der Waals surface area contributed by atoms with Crippen molar-refractivity contribution < 1.29 is 4.79 Å². The highest BCUT2D eigenvalue weighted by Gasteiger charge is 2.31. The van der Waals surface area contributed by atoms with E-state index >= 15 is 0 Å². The minimum absolute atomic E-state index is 0.121.